The van der Waals surface area contributed by atoms with E-state index in [1.165, 1.54) is 6.07 Å². The van der Waals surface area contributed by atoms with Crippen molar-refractivity contribution in [2.24, 2.45) is 7.05 Å². The molecule has 0 aliphatic heterocycles. The zero-order valence-electron chi connectivity index (χ0n) is 17.7. The van der Waals surface area contributed by atoms with Gasteiger partial charge in [-0.1, -0.05) is 23.7 Å². The van der Waals surface area contributed by atoms with Crippen LogP contribution in [0.15, 0.2) is 54.7 Å². The first-order chi connectivity index (χ1) is 15.8. The van der Waals surface area contributed by atoms with Crippen molar-refractivity contribution in [1.82, 2.24) is 9.55 Å². The third-order valence-electron chi connectivity index (χ3n) is 5.68. The van der Waals surface area contributed by atoms with Crippen LogP contribution in [0.2, 0.25) is 5.02 Å². The first kappa shape index (κ1) is 20.6. The van der Waals surface area contributed by atoms with Crippen LogP contribution in [0.1, 0.15) is 21.5 Å². The summed E-state index contributed by atoms with van der Waals surface area (Å²) >= 11 is 6.60. The summed E-state index contributed by atoms with van der Waals surface area (Å²) in [7, 11) is 1.91. The topological polar surface area (TPSA) is 105 Å². The molecule has 5 rings (SSSR count). The largest absolute Gasteiger partial charge is 0.478 e. The molecular formula is C25H18ClN4O3+. The van der Waals surface area contributed by atoms with Crippen LogP contribution in [0.4, 0.5) is 0 Å². The second kappa shape index (κ2) is 7.69. The van der Waals surface area contributed by atoms with Crippen LogP contribution >= 0.6 is 11.6 Å². The van der Waals surface area contributed by atoms with Crippen LogP contribution in [0, 0.1) is 18.3 Å². The molecule has 3 aromatic carbocycles. The van der Waals surface area contributed by atoms with Crippen molar-refractivity contribution in [3.05, 3.63) is 76.4 Å². The van der Waals surface area contributed by atoms with Crippen LogP contribution in [0.5, 0.6) is 11.8 Å². The maximum Gasteiger partial charge on any atom is 0.458 e. The molecular weight excluding hydrogens is 440 g/mol. The monoisotopic (exact) mass is 457 g/mol. The van der Waals surface area contributed by atoms with E-state index in [4.69, 9.17) is 16.3 Å². The second-order valence-corrected chi connectivity index (χ2v) is 8.25. The summed E-state index contributed by atoms with van der Waals surface area (Å²) in [6, 6.07) is 17.1. The number of carbonyl (C=O) groups is 1. The summed E-state index contributed by atoms with van der Waals surface area (Å²) in [6.07, 6.45) is 1.81. The number of H-pyrrole nitrogens is 2. The summed E-state index contributed by atoms with van der Waals surface area (Å²) in [5.41, 5.74) is 5.61. The van der Waals surface area contributed by atoms with Crippen molar-refractivity contribution in [3.63, 3.8) is 0 Å². The van der Waals surface area contributed by atoms with E-state index in [9.17, 15) is 15.2 Å². The van der Waals surface area contributed by atoms with E-state index in [1.807, 2.05) is 42.1 Å². The molecule has 8 heteroatoms. The molecule has 0 aliphatic carbocycles. The highest BCUT2D eigenvalue weighted by molar-refractivity contribution is 6.34. The van der Waals surface area contributed by atoms with Crippen molar-refractivity contribution in [2.45, 2.75) is 6.92 Å². The molecule has 162 valence electrons. The Morgan fingerprint density at radius 2 is 2.03 bits per heavy atom. The highest BCUT2D eigenvalue weighted by Crippen LogP contribution is 2.34. The molecule has 0 amide bonds. The maximum absolute atomic E-state index is 11.4. The standard InChI is InChI=1S/C25H17ClN4O3/c1-13-3-5-16(8-17(13)24(31)32)33-25-28-21-9-18(20(26)10-22(21)29-25)14-4-6-23-19(7-14)15(11-27)12-30(23)2/h3-10,12H,1-2H3,(H,28,29)(H,31,32)/p+1. The summed E-state index contributed by atoms with van der Waals surface area (Å²) in [6.45, 7) is 1.73. The number of hydrogen-bond acceptors (Lipinski definition) is 3. The molecule has 5 aromatic rings. The minimum atomic E-state index is -1.01. The molecule has 0 saturated heterocycles. The average molecular weight is 458 g/mol. The van der Waals surface area contributed by atoms with Crippen molar-refractivity contribution < 1.29 is 19.6 Å². The number of fused-ring (bicyclic) bond motifs is 2. The van der Waals surface area contributed by atoms with E-state index in [2.05, 4.69) is 16.0 Å². The number of aromatic amines is 2. The number of imidazole rings is 1. The molecule has 0 saturated carbocycles. The lowest BCUT2D eigenvalue weighted by molar-refractivity contribution is -0.359. The number of halogens is 1. The Morgan fingerprint density at radius 3 is 2.79 bits per heavy atom. The van der Waals surface area contributed by atoms with Gasteiger partial charge in [0, 0.05) is 35.8 Å². The van der Waals surface area contributed by atoms with Gasteiger partial charge >= 0.3 is 12.0 Å². The Bertz CT molecular complexity index is 1620. The Hall–Kier alpha value is -4.28. The Labute approximate surface area is 193 Å². The third-order valence-corrected chi connectivity index (χ3v) is 6.00. The predicted molar refractivity (Wildman–Crippen MR) is 125 cm³/mol. The fraction of sp³-hybridized carbons (Fsp3) is 0.0800. The number of ether oxygens (including phenoxy) is 1. The van der Waals surface area contributed by atoms with Crippen molar-refractivity contribution >= 4 is 39.5 Å². The molecule has 3 N–H and O–H groups in total. The molecule has 0 unspecified atom stereocenters. The number of nitrogens with one attached hydrogen (secondary N) is 2. The van der Waals surface area contributed by atoms with Gasteiger partial charge in [-0.15, -0.1) is 0 Å². The minimum Gasteiger partial charge on any atom is -0.478 e. The normalized spacial score (nSPS) is 11.1. The third kappa shape index (κ3) is 3.56. The maximum atomic E-state index is 11.4. The number of hydrogen-bond donors (Lipinski definition) is 2. The van der Waals surface area contributed by atoms with Gasteiger partial charge in [-0.25, -0.2) is 14.8 Å². The lowest BCUT2D eigenvalue weighted by Crippen LogP contribution is -2.04. The van der Waals surface area contributed by atoms with E-state index < -0.39 is 5.97 Å². The number of aryl methyl sites for hydroxylation is 2. The van der Waals surface area contributed by atoms with Gasteiger partial charge in [0.2, 0.25) is 0 Å². The van der Waals surface area contributed by atoms with Crippen LogP contribution in [-0.2, 0) is 7.05 Å². The highest BCUT2D eigenvalue weighted by atomic mass is 35.5. The molecule has 0 aliphatic rings. The zero-order chi connectivity index (χ0) is 23.3. The highest BCUT2D eigenvalue weighted by Gasteiger charge is 2.18. The summed E-state index contributed by atoms with van der Waals surface area (Å²) in [5.74, 6) is -0.615. The van der Waals surface area contributed by atoms with Gasteiger partial charge in [-0.3, -0.25) is 0 Å². The lowest BCUT2D eigenvalue weighted by Gasteiger charge is -2.05. The van der Waals surface area contributed by atoms with E-state index in [0.717, 1.165) is 33.1 Å². The fourth-order valence-corrected chi connectivity index (χ4v) is 4.26. The van der Waals surface area contributed by atoms with Crippen molar-refractivity contribution in [1.29, 1.82) is 5.26 Å². The molecule has 7 nitrogen and oxygen atoms in total. The molecule has 2 heterocycles. The lowest BCUT2D eigenvalue weighted by atomic mass is 10.0. The Morgan fingerprint density at radius 1 is 1.21 bits per heavy atom. The minimum absolute atomic E-state index is 0.182. The number of carboxylic acid groups (broad SMARTS) is 1. The average Bonchev–Trinajstić information content (AvgIpc) is 3.33. The fourth-order valence-electron chi connectivity index (χ4n) is 3.99. The van der Waals surface area contributed by atoms with E-state index in [1.54, 1.807) is 25.1 Å². The van der Waals surface area contributed by atoms with Crippen LogP contribution in [-0.4, -0.2) is 20.6 Å². The van der Waals surface area contributed by atoms with E-state index in [0.29, 0.717) is 27.9 Å². The second-order valence-electron chi connectivity index (χ2n) is 7.84. The molecule has 33 heavy (non-hydrogen) atoms. The Balaban J connectivity index is 1.54. The molecule has 0 fully saturated rings. The van der Waals surface area contributed by atoms with E-state index >= 15 is 0 Å². The van der Waals surface area contributed by atoms with Gasteiger partial charge in [0.15, 0.2) is 11.0 Å². The summed E-state index contributed by atoms with van der Waals surface area (Å²) < 4.78 is 7.75. The Kier molecular flexibility index (Phi) is 4.81. The number of nitriles is 1. The van der Waals surface area contributed by atoms with Crippen LogP contribution in [0.25, 0.3) is 33.1 Å². The molecule has 0 spiro atoms. The number of carboxylic acids is 1. The first-order valence-corrected chi connectivity index (χ1v) is 10.5. The smallest absolute Gasteiger partial charge is 0.458 e. The number of rotatable bonds is 4. The number of nitrogens with zero attached hydrogens (tertiary/aromatic N) is 2. The molecule has 0 radical (unpaired) electrons. The predicted octanol–water partition coefficient (Wildman–Crippen LogP) is 5.46. The van der Waals surface area contributed by atoms with Crippen molar-refractivity contribution in [3.8, 4) is 29.0 Å². The van der Waals surface area contributed by atoms with Crippen LogP contribution < -0.4 is 9.72 Å². The molecule has 2 aromatic heterocycles. The summed E-state index contributed by atoms with van der Waals surface area (Å²) in [5, 5.41) is 20.2. The van der Waals surface area contributed by atoms with Crippen molar-refractivity contribution in [2.75, 3.05) is 0 Å². The van der Waals surface area contributed by atoms with Gasteiger partial charge in [0.1, 0.15) is 11.8 Å². The SMILES string of the molecule is Cc1ccc(Oc2[nH]c3cc(Cl)c(-c4ccc5c(c4)c(C#N)cn5C)cc3[nH+]2)cc1C(=O)O. The summed E-state index contributed by atoms with van der Waals surface area (Å²) in [4.78, 5) is 17.7. The van der Waals surface area contributed by atoms with Gasteiger partial charge < -0.3 is 14.4 Å². The van der Waals surface area contributed by atoms with E-state index in [-0.39, 0.29) is 5.56 Å². The molecule has 0 bridgehead atoms. The molecule has 0 atom stereocenters. The number of benzene rings is 3. The van der Waals surface area contributed by atoms with Gasteiger partial charge in [0.05, 0.1) is 16.1 Å². The van der Waals surface area contributed by atoms with Gasteiger partial charge in [-0.2, -0.15) is 5.26 Å². The van der Waals surface area contributed by atoms with Gasteiger partial charge in [0.25, 0.3) is 0 Å². The quantitative estimate of drug-likeness (QED) is 0.373. The van der Waals surface area contributed by atoms with Crippen LogP contribution in [0.3, 0.4) is 0 Å². The van der Waals surface area contributed by atoms with Gasteiger partial charge in [-0.05, 0) is 48.4 Å². The number of aromatic nitrogens is 3. The zero-order valence-corrected chi connectivity index (χ0v) is 18.5. The number of aromatic carboxylic acids is 1. The first-order valence-electron chi connectivity index (χ1n) is 10.1.